The Morgan fingerprint density at radius 1 is 0.314 bits per heavy atom. The van der Waals surface area contributed by atoms with Gasteiger partial charge in [0.1, 0.15) is 0 Å². The van der Waals surface area contributed by atoms with E-state index in [2.05, 4.69) is 83.9 Å². The second-order valence-electron chi connectivity index (χ2n) is 27.9. The molecule has 22 heteroatoms. The number of benzene rings is 3. The zero-order valence-corrected chi connectivity index (χ0v) is 63.8. The minimum absolute atomic E-state index is 0.122. The number of amides is 6. The molecule has 0 saturated carbocycles. The number of aliphatic carboxylic acids is 1. The molecular formula is C83H114N6O16. The van der Waals surface area contributed by atoms with Crippen LogP contribution < -0.4 is 31.9 Å². The highest BCUT2D eigenvalue weighted by Crippen LogP contribution is 2.26. The largest absolute Gasteiger partial charge is 0.478 e. The molecule has 0 saturated heterocycles. The molecule has 4 unspecified atom stereocenters. The number of nitrogens with one attached hydrogen (secondary N) is 6. The van der Waals surface area contributed by atoms with E-state index in [4.69, 9.17) is 18.9 Å². The van der Waals surface area contributed by atoms with E-state index >= 15 is 0 Å². The van der Waals surface area contributed by atoms with Crippen molar-refractivity contribution in [1.29, 1.82) is 0 Å². The van der Waals surface area contributed by atoms with Gasteiger partial charge in [-0.1, -0.05) is 74.3 Å². The Kier molecular flexibility index (Phi) is 42.8. The highest BCUT2D eigenvalue weighted by Gasteiger charge is 2.18. The zero-order chi connectivity index (χ0) is 77.6. The van der Waals surface area contributed by atoms with Crippen LogP contribution in [-0.2, 0) is 71.7 Å². The number of carbonyl (C=O) groups is 11. The van der Waals surface area contributed by atoms with E-state index in [1.54, 1.807) is 0 Å². The average molecular weight is 1450 g/mol. The monoisotopic (exact) mass is 1450 g/mol. The van der Waals surface area contributed by atoms with Crippen LogP contribution in [0.5, 0.6) is 0 Å². The molecule has 3 aromatic rings. The van der Waals surface area contributed by atoms with Gasteiger partial charge in [0.2, 0.25) is 35.4 Å². The van der Waals surface area contributed by atoms with Crippen molar-refractivity contribution in [3.63, 3.8) is 0 Å². The number of carboxylic acids is 1. The third-order valence-electron chi connectivity index (χ3n) is 16.4. The van der Waals surface area contributed by atoms with Gasteiger partial charge in [-0.3, -0.25) is 47.9 Å². The van der Waals surface area contributed by atoms with E-state index in [1.165, 1.54) is 95.1 Å². The number of carbonyl (C=O) groups excluding carboxylic acids is 10. The van der Waals surface area contributed by atoms with Gasteiger partial charge in [-0.05, 0) is 246 Å². The molecule has 572 valence electrons. The Hall–Kier alpha value is -9.99. The van der Waals surface area contributed by atoms with Gasteiger partial charge in [0.25, 0.3) is 0 Å². The summed E-state index contributed by atoms with van der Waals surface area (Å²) in [5.74, 6) is -5.59. The van der Waals surface area contributed by atoms with Gasteiger partial charge in [0.05, 0.1) is 52.1 Å². The Bertz CT molecular complexity index is 3230. The summed E-state index contributed by atoms with van der Waals surface area (Å²) >= 11 is 0. The predicted octanol–water partition coefficient (Wildman–Crippen LogP) is 17.2. The number of hydrogen-bond acceptors (Lipinski definition) is 15. The molecule has 0 fully saturated rings. The van der Waals surface area contributed by atoms with Crippen molar-refractivity contribution in [1.82, 2.24) is 0 Å². The third kappa shape index (κ3) is 45.0. The fourth-order valence-corrected chi connectivity index (χ4v) is 10.3. The molecule has 0 aliphatic heterocycles. The highest BCUT2D eigenvalue weighted by atomic mass is 16.5. The van der Waals surface area contributed by atoms with Gasteiger partial charge in [-0.2, -0.15) is 0 Å². The summed E-state index contributed by atoms with van der Waals surface area (Å²) in [5, 5.41) is 25.9. The molecule has 0 bridgehead atoms. The average Bonchev–Trinajstić information content (AvgIpc) is 0.861. The Labute approximate surface area is 621 Å². The first-order valence-electron chi connectivity index (χ1n) is 36.6. The summed E-state index contributed by atoms with van der Waals surface area (Å²) < 4.78 is 21.7. The summed E-state index contributed by atoms with van der Waals surface area (Å²) in [6.45, 7) is 25.6. The van der Waals surface area contributed by atoms with E-state index < -0.39 is 65.3 Å². The van der Waals surface area contributed by atoms with Crippen LogP contribution in [0.25, 0.3) is 18.2 Å². The lowest BCUT2D eigenvalue weighted by Crippen LogP contribution is -2.17. The van der Waals surface area contributed by atoms with Crippen molar-refractivity contribution >= 4 is 118 Å². The quantitative estimate of drug-likeness (QED) is 0.0120. The summed E-state index contributed by atoms with van der Waals surface area (Å²) in [6.07, 6.45) is 24.5. The molecule has 0 aromatic heterocycles. The zero-order valence-electron chi connectivity index (χ0n) is 63.8. The minimum Gasteiger partial charge on any atom is -0.478 e. The maximum absolute atomic E-state index is 13.7. The van der Waals surface area contributed by atoms with Crippen molar-refractivity contribution in [2.45, 2.75) is 212 Å². The second kappa shape index (κ2) is 50.4. The van der Waals surface area contributed by atoms with Crippen LogP contribution in [0.15, 0.2) is 119 Å². The number of allylic oxidation sites excluding steroid dienone is 8. The molecule has 7 N–H and O–H groups in total. The van der Waals surface area contributed by atoms with Crippen molar-refractivity contribution in [2.75, 3.05) is 58.3 Å². The van der Waals surface area contributed by atoms with E-state index in [0.29, 0.717) is 60.5 Å². The van der Waals surface area contributed by atoms with Gasteiger partial charge < -0.3 is 56.0 Å². The third-order valence-corrected chi connectivity index (χ3v) is 16.4. The first kappa shape index (κ1) is 89.2. The predicted molar refractivity (Wildman–Crippen MR) is 416 cm³/mol. The Morgan fingerprint density at radius 3 is 0.752 bits per heavy atom. The second-order valence-corrected chi connectivity index (χ2v) is 27.9. The topological polar surface area (TPSA) is 317 Å². The smallest absolute Gasteiger partial charge is 0.328 e. The van der Waals surface area contributed by atoms with Gasteiger partial charge in [-0.25, -0.2) is 4.79 Å². The van der Waals surface area contributed by atoms with Crippen molar-refractivity contribution in [3.8, 4) is 0 Å². The lowest BCUT2D eigenvalue weighted by atomic mass is 10.0. The van der Waals surface area contributed by atoms with Gasteiger partial charge >= 0.3 is 29.8 Å². The summed E-state index contributed by atoms with van der Waals surface area (Å²) in [4.78, 5) is 143. The highest BCUT2D eigenvalue weighted by molar-refractivity contribution is 6.06. The summed E-state index contributed by atoms with van der Waals surface area (Å²) in [7, 11) is 0. The molecule has 0 heterocycles. The van der Waals surface area contributed by atoms with Crippen LogP contribution in [0.2, 0.25) is 0 Å². The van der Waals surface area contributed by atoms with E-state index in [1.807, 2.05) is 55.4 Å². The van der Waals surface area contributed by atoms with Crippen LogP contribution in [0.3, 0.4) is 0 Å². The van der Waals surface area contributed by atoms with Gasteiger partial charge in [0.15, 0.2) is 0 Å². The van der Waals surface area contributed by atoms with Crippen LogP contribution in [0, 0.1) is 23.7 Å². The van der Waals surface area contributed by atoms with Crippen LogP contribution >= 0.6 is 0 Å². The number of hydrogen-bond donors (Lipinski definition) is 7. The number of esters is 4. The molecule has 105 heavy (non-hydrogen) atoms. The van der Waals surface area contributed by atoms with Crippen LogP contribution in [0.4, 0.5) is 34.1 Å². The summed E-state index contributed by atoms with van der Waals surface area (Å²) in [5.41, 5.74) is 6.93. The molecular weight excluding hydrogens is 1340 g/mol. The Balaban J connectivity index is 1.85. The molecule has 0 radical (unpaired) electrons. The van der Waals surface area contributed by atoms with E-state index in [9.17, 15) is 57.8 Å². The lowest BCUT2D eigenvalue weighted by molar-refractivity contribution is -0.145. The van der Waals surface area contributed by atoms with E-state index in [0.717, 1.165) is 69.6 Å². The number of rotatable bonds is 48. The van der Waals surface area contributed by atoms with Crippen LogP contribution in [-0.4, -0.2) is 96.8 Å². The van der Waals surface area contributed by atoms with Gasteiger partial charge in [0, 0.05) is 78.0 Å². The van der Waals surface area contributed by atoms with Crippen molar-refractivity contribution < 1.29 is 76.8 Å². The molecule has 0 spiro atoms. The first-order chi connectivity index (χ1) is 49.9. The minimum atomic E-state index is -1.27. The van der Waals surface area contributed by atoms with Crippen molar-refractivity contribution in [2.24, 2.45) is 23.7 Å². The fourth-order valence-electron chi connectivity index (χ4n) is 10.3. The maximum atomic E-state index is 13.7. The van der Waals surface area contributed by atoms with Crippen molar-refractivity contribution in [3.05, 3.63) is 136 Å². The molecule has 0 aliphatic rings. The molecule has 0 aliphatic carbocycles. The molecule has 6 amide bonds. The number of carboxylic acid groups (broad SMARTS) is 1. The normalized spacial score (nSPS) is 12.2. The standard InChI is InChI=1S/C83H114N6O16/c1-56(2)17-13-21-60(9)39-43-102-80(98)35-30-75(92)86-67-47-64(48-68(53-67)87-76(93)31-36-81(99)103-44-40-61(10)22-14-18-57(3)4)25-28-73(90)84-71-51-66(27-34-79(96)97)52-72(55-71)85-74(91)29-26-65-49-69(88-77(94)32-37-82(100)104-45-41-62(11)23-15-19-58(5)6)54-70(50-65)89-78(95)33-38-83(101)105-46-42-63(12)24-16-20-59(7)8/h17-20,25-29,34,47-55,60-63H,13-16,21-24,30-33,35-46H2,1-12H3,(H,84,90)(H,85,91)(H,86,92)(H,87,93)(H,88,94)(H,89,95)(H,96,97)/b28-25+,29-26+,34-27+. The molecule has 3 aromatic carbocycles. The van der Waals surface area contributed by atoms with Gasteiger partial charge in [-0.15, -0.1) is 0 Å². The molecule has 4 atom stereocenters. The number of anilines is 6. The fraction of sp³-hybridized carbons (Fsp3) is 0.482. The first-order valence-corrected chi connectivity index (χ1v) is 36.6. The van der Waals surface area contributed by atoms with E-state index in [-0.39, 0.29) is 117 Å². The SMILES string of the molecule is CC(C)=CCCC(C)CCOC(=O)CCC(=O)Nc1cc(/C=C/C(=O)Nc2cc(/C=C/C(=O)O)cc(NC(=O)/C=C/c3cc(NC(=O)CCC(=O)OCCC(C)CCC=C(C)C)cc(NC(=O)CCC(=O)OCCC(C)CCC=C(C)C)c3)c2)cc(NC(=O)CCC(=O)OCCC(C)CCC=C(C)C)c1. The summed E-state index contributed by atoms with van der Waals surface area (Å²) in [6, 6.07) is 13.4. The molecule has 22 nitrogen and oxygen atoms in total. The number of ether oxygens (including phenoxy) is 4. The van der Waals surface area contributed by atoms with Crippen LogP contribution in [0.1, 0.15) is 228 Å². The lowest BCUT2D eigenvalue weighted by Gasteiger charge is -2.12. The Morgan fingerprint density at radius 2 is 0.533 bits per heavy atom. The molecule has 3 rings (SSSR count). The maximum Gasteiger partial charge on any atom is 0.328 e.